The fourth-order valence-corrected chi connectivity index (χ4v) is 8.32. The van der Waals surface area contributed by atoms with Crippen LogP contribution in [0.3, 0.4) is 0 Å². The number of unbranched alkanes of at least 4 members (excludes halogenated alkanes) is 39. The molecule has 0 aromatic carbocycles. The summed E-state index contributed by atoms with van der Waals surface area (Å²) < 4.78 is 18.7. The molecule has 0 radical (unpaired) electrons. The quantitative estimate of drug-likeness (QED) is 0.0622. The number of hydrogen-bond acceptors (Lipinski definition) is 4. The van der Waals surface area contributed by atoms with Gasteiger partial charge in [0.25, 0.3) is 0 Å². The second kappa shape index (κ2) is 50.2. The minimum Gasteiger partial charge on any atom is -0.396 e. The molecule has 0 rings (SSSR count). The van der Waals surface area contributed by atoms with Crippen LogP contribution in [0.4, 0.5) is 0 Å². The second-order valence-electron chi connectivity index (χ2n) is 18.6. The normalized spacial score (nSPS) is 12.0. The van der Waals surface area contributed by atoms with Crippen LogP contribution in [0.1, 0.15) is 290 Å². The van der Waals surface area contributed by atoms with Crippen molar-refractivity contribution in [1.82, 2.24) is 0 Å². The zero-order valence-corrected chi connectivity index (χ0v) is 39.8. The summed E-state index contributed by atoms with van der Waals surface area (Å²) >= 11 is 0. The molecule has 0 heterocycles. The predicted octanol–water partition coefficient (Wildman–Crippen LogP) is 17.5. The highest BCUT2D eigenvalue weighted by Gasteiger charge is 2.31. The van der Waals surface area contributed by atoms with Crippen LogP contribution in [-0.2, 0) is 14.2 Å². The van der Waals surface area contributed by atoms with Crippen molar-refractivity contribution in [2.24, 2.45) is 5.41 Å². The highest BCUT2D eigenvalue weighted by Crippen LogP contribution is 2.21. The molecule has 1 N–H and O–H groups in total. The highest BCUT2D eigenvalue weighted by molar-refractivity contribution is 4.78. The molecule has 0 aliphatic carbocycles. The average Bonchev–Trinajstić information content (AvgIpc) is 3.22. The Labute approximate surface area is 360 Å². The molecule has 57 heavy (non-hydrogen) atoms. The van der Waals surface area contributed by atoms with Crippen LogP contribution in [-0.4, -0.2) is 51.4 Å². The van der Waals surface area contributed by atoms with Gasteiger partial charge < -0.3 is 19.3 Å². The maximum absolute atomic E-state index is 10.6. The molecule has 0 atom stereocenters. The summed E-state index contributed by atoms with van der Waals surface area (Å²) in [4.78, 5) is 0. The van der Waals surface area contributed by atoms with Gasteiger partial charge in [0, 0.05) is 19.8 Å². The van der Waals surface area contributed by atoms with E-state index in [1.165, 1.54) is 250 Å². The van der Waals surface area contributed by atoms with Crippen molar-refractivity contribution in [3.63, 3.8) is 0 Å². The monoisotopic (exact) mass is 809 g/mol. The summed E-state index contributed by atoms with van der Waals surface area (Å²) in [6.45, 7) is 10.9. The molecule has 0 aromatic rings. The van der Waals surface area contributed by atoms with Crippen molar-refractivity contribution < 1.29 is 19.3 Å². The van der Waals surface area contributed by atoms with Gasteiger partial charge in [-0.15, -0.1) is 0 Å². The van der Waals surface area contributed by atoms with Crippen LogP contribution < -0.4 is 0 Å². The van der Waals surface area contributed by atoms with Crippen molar-refractivity contribution in [3.8, 4) is 0 Å². The molecule has 0 aliphatic rings. The minimum absolute atomic E-state index is 0.0588. The van der Waals surface area contributed by atoms with E-state index in [2.05, 4.69) is 20.8 Å². The van der Waals surface area contributed by atoms with Gasteiger partial charge in [0.2, 0.25) is 0 Å². The highest BCUT2D eigenvalue weighted by atomic mass is 16.5. The lowest BCUT2D eigenvalue weighted by Gasteiger charge is -2.31. The second-order valence-corrected chi connectivity index (χ2v) is 18.6. The molecular weight excluding hydrogens is 701 g/mol. The summed E-state index contributed by atoms with van der Waals surface area (Å²) in [7, 11) is 0. The Morgan fingerprint density at radius 2 is 0.404 bits per heavy atom. The van der Waals surface area contributed by atoms with Crippen LogP contribution in [0.15, 0.2) is 0 Å². The van der Waals surface area contributed by atoms with Crippen molar-refractivity contribution in [2.45, 2.75) is 290 Å². The fourth-order valence-electron chi connectivity index (χ4n) is 8.32. The van der Waals surface area contributed by atoms with E-state index in [1.807, 2.05) is 0 Å². The van der Waals surface area contributed by atoms with Gasteiger partial charge in [0.1, 0.15) is 0 Å². The number of aliphatic hydroxyl groups excluding tert-OH is 1. The molecule has 4 nitrogen and oxygen atoms in total. The van der Waals surface area contributed by atoms with Gasteiger partial charge in [0.15, 0.2) is 0 Å². The van der Waals surface area contributed by atoms with Crippen LogP contribution in [0, 0.1) is 5.41 Å². The van der Waals surface area contributed by atoms with Gasteiger partial charge in [-0.1, -0.05) is 271 Å². The maximum atomic E-state index is 10.6. The SMILES string of the molecule is CCCCCCCCCCCCCCCCOCC(CO)(COCCCCCCCCCCCCCCCC)COCCCCCCCCCCCCCCCC. The number of ether oxygens (including phenoxy) is 3. The molecule has 0 bridgehead atoms. The summed E-state index contributed by atoms with van der Waals surface area (Å²) in [5.74, 6) is 0. The Bertz CT molecular complexity index is 610. The molecule has 0 aliphatic heterocycles. The Kier molecular flexibility index (Phi) is 50.1. The van der Waals surface area contributed by atoms with Gasteiger partial charge >= 0.3 is 0 Å². The van der Waals surface area contributed by atoms with E-state index in [0.29, 0.717) is 19.8 Å². The lowest BCUT2D eigenvalue weighted by molar-refractivity contribution is -0.0937. The molecule has 0 saturated carbocycles. The van der Waals surface area contributed by atoms with E-state index in [1.54, 1.807) is 0 Å². The molecule has 0 unspecified atom stereocenters. The molecule has 344 valence electrons. The molecule has 0 saturated heterocycles. The lowest BCUT2D eigenvalue weighted by atomic mass is 9.92. The molecule has 0 fully saturated rings. The zero-order valence-electron chi connectivity index (χ0n) is 39.8. The topological polar surface area (TPSA) is 47.9 Å². The van der Waals surface area contributed by atoms with E-state index in [-0.39, 0.29) is 6.61 Å². The summed E-state index contributed by atoms with van der Waals surface area (Å²) in [6, 6.07) is 0. The third kappa shape index (κ3) is 45.2. The first-order valence-corrected chi connectivity index (χ1v) is 26.6. The fraction of sp³-hybridized carbons (Fsp3) is 1.00. The van der Waals surface area contributed by atoms with Crippen molar-refractivity contribution in [1.29, 1.82) is 0 Å². The lowest BCUT2D eigenvalue weighted by Crippen LogP contribution is -2.41. The van der Waals surface area contributed by atoms with Gasteiger partial charge in [-0.25, -0.2) is 0 Å². The molecule has 0 amide bonds. The first-order valence-electron chi connectivity index (χ1n) is 26.6. The number of aliphatic hydroxyl groups is 1. The smallest absolute Gasteiger partial charge is 0.0635 e. The zero-order chi connectivity index (χ0) is 41.3. The van der Waals surface area contributed by atoms with E-state index in [4.69, 9.17) is 14.2 Å². The van der Waals surface area contributed by atoms with Crippen LogP contribution >= 0.6 is 0 Å². The Hall–Kier alpha value is -0.160. The first kappa shape index (κ1) is 56.8. The third-order valence-corrected chi connectivity index (χ3v) is 12.5. The molecule has 0 spiro atoms. The third-order valence-electron chi connectivity index (χ3n) is 12.5. The molecular formula is C53H108O4. The molecule has 0 aromatic heterocycles. The Morgan fingerprint density at radius 1 is 0.246 bits per heavy atom. The van der Waals surface area contributed by atoms with Crippen LogP contribution in [0.2, 0.25) is 0 Å². The first-order chi connectivity index (χ1) is 28.2. The van der Waals surface area contributed by atoms with Gasteiger partial charge in [-0.05, 0) is 19.3 Å². The van der Waals surface area contributed by atoms with Gasteiger partial charge in [-0.2, -0.15) is 0 Å². The van der Waals surface area contributed by atoms with E-state index in [9.17, 15) is 5.11 Å². The van der Waals surface area contributed by atoms with Crippen molar-refractivity contribution >= 4 is 0 Å². The van der Waals surface area contributed by atoms with Crippen LogP contribution in [0.25, 0.3) is 0 Å². The van der Waals surface area contributed by atoms with Crippen molar-refractivity contribution in [3.05, 3.63) is 0 Å². The number of rotatable bonds is 52. The Morgan fingerprint density at radius 3 is 0.561 bits per heavy atom. The standard InChI is InChI=1S/C53H108O4/c1-4-7-10-13-16-19-22-25-28-31-34-37-40-43-46-55-50-53(49-54,51-56-47-44-41-38-35-32-29-26-23-20-17-14-11-8-5-2)52-57-48-45-42-39-36-33-30-27-24-21-18-15-12-9-6-3/h54H,4-52H2,1-3H3. The largest absolute Gasteiger partial charge is 0.396 e. The minimum atomic E-state index is -0.456. The van der Waals surface area contributed by atoms with E-state index in [0.717, 1.165) is 39.1 Å². The van der Waals surface area contributed by atoms with E-state index >= 15 is 0 Å². The van der Waals surface area contributed by atoms with Crippen LogP contribution in [0.5, 0.6) is 0 Å². The Balaban J connectivity index is 4.19. The summed E-state index contributed by atoms with van der Waals surface area (Å²) in [5, 5.41) is 10.6. The van der Waals surface area contributed by atoms with Gasteiger partial charge in [0.05, 0.1) is 31.8 Å². The average molecular weight is 809 g/mol. The summed E-state index contributed by atoms with van der Waals surface area (Å²) in [5.41, 5.74) is -0.456. The van der Waals surface area contributed by atoms with Crippen molar-refractivity contribution in [2.75, 3.05) is 46.2 Å². The molecule has 4 heteroatoms. The number of hydrogen-bond donors (Lipinski definition) is 1. The summed E-state index contributed by atoms with van der Waals surface area (Å²) in [6.07, 6.45) is 57.5. The van der Waals surface area contributed by atoms with Gasteiger partial charge in [-0.3, -0.25) is 0 Å². The van der Waals surface area contributed by atoms with E-state index < -0.39 is 5.41 Å². The maximum Gasteiger partial charge on any atom is 0.0635 e. The predicted molar refractivity (Wildman–Crippen MR) is 253 cm³/mol.